The highest BCUT2D eigenvalue weighted by Gasteiger charge is 2.37. The molecule has 2 aromatic rings. The summed E-state index contributed by atoms with van der Waals surface area (Å²) in [5.41, 5.74) is 1.26. The number of amides is 4. The second-order valence-corrected chi connectivity index (χ2v) is 6.46. The van der Waals surface area contributed by atoms with E-state index in [1.54, 1.807) is 26.0 Å². The van der Waals surface area contributed by atoms with Crippen molar-refractivity contribution in [1.82, 2.24) is 5.32 Å². The summed E-state index contributed by atoms with van der Waals surface area (Å²) in [4.78, 5) is 38.2. The molecule has 0 saturated carbocycles. The third kappa shape index (κ3) is 3.70. The molecule has 3 rings (SSSR count). The van der Waals surface area contributed by atoms with E-state index in [1.165, 1.54) is 30.3 Å². The number of hydrogen-bond donors (Lipinski definition) is 2. The maximum Gasteiger partial charge on any atom is 0.335 e. The normalized spacial score (nSPS) is 15.8. The van der Waals surface area contributed by atoms with E-state index >= 15 is 0 Å². The second kappa shape index (κ2) is 7.74. The Kier molecular flexibility index (Phi) is 5.37. The van der Waals surface area contributed by atoms with Crippen LogP contribution in [0.2, 0.25) is 5.02 Å². The molecule has 8 heteroatoms. The van der Waals surface area contributed by atoms with Crippen molar-refractivity contribution < 1.29 is 24.2 Å². The molecule has 2 aromatic carbocycles. The van der Waals surface area contributed by atoms with Crippen LogP contribution in [0, 0.1) is 6.92 Å². The molecule has 1 fully saturated rings. The third-order valence-electron chi connectivity index (χ3n) is 4.11. The van der Waals surface area contributed by atoms with Gasteiger partial charge in [0.15, 0.2) is 11.5 Å². The van der Waals surface area contributed by atoms with Gasteiger partial charge in [-0.25, -0.2) is 9.69 Å². The predicted molar refractivity (Wildman–Crippen MR) is 104 cm³/mol. The van der Waals surface area contributed by atoms with Gasteiger partial charge in [-0.15, -0.1) is 0 Å². The number of nitrogens with zero attached hydrogens (tertiary/aromatic N) is 1. The van der Waals surface area contributed by atoms with Crippen LogP contribution in [-0.2, 0) is 9.59 Å². The Labute approximate surface area is 166 Å². The number of phenols is 1. The lowest BCUT2D eigenvalue weighted by molar-refractivity contribution is -0.122. The molecule has 144 valence electrons. The van der Waals surface area contributed by atoms with Gasteiger partial charge in [-0.2, -0.15) is 0 Å². The first-order valence-electron chi connectivity index (χ1n) is 8.45. The lowest BCUT2D eigenvalue weighted by Gasteiger charge is -2.26. The average Bonchev–Trinajstić information content (AvgIpc) is 2.64. The number of urea groups is 1. The summed E-state index contributed by atoms with van der Waals surface area (Å²) in [6, 6.07) is 8.28. The number of aromatic hydroxyl groups is 1. The van der Waals surface area contributed by atoms with Gasteiger partial charge in [0.25, 0.3) is 11.8 Å². The quantitative estimate of drug-likeness (QED) is 0.605. The molecule has 1 heterocycles. The van der Waals surface area contributed by atoms with Gasteiger partial charge in [0.05, 0.1) is 12.3 Å². The number of halogens is 1. The molecule has 1 aliphatic rings. The zero-order valence-electron chi connectivity index (χ0n) is 15.2. The van der Waals surface area contributed by atoms with Crippen LogP contribution in [0.5, 0.6) is 11.5 Å². The Morgan fingerprint density at radius 2 is 1.93 bits per heavy atom. The highest BCUT2D eigenvalue weighted by Crippen LogP contribution is 2.29. The Hall–Kier alpha value is -3.32. The maximum atomic E-state index is 12.9. The monoisotopic (exact) mass is 400 g/mol. The largest absolute Gasteiger partial charge is 0.504 e. The van der Waals surface area contributed by atoms with Crippen LogP contribution in [-0.4, -0.2) is 29.6 Å². The van der Waals surface area contributed by atoms with Crippen molar-refractivity contribution in [2.24, 2.45) is 0 Å². The molecule has 0 bridgehead atoms. The van der Waals surface area contributed by atoms with Crippen LogP contribution < -0.4 is 15.0 Å². The molecule has 2 N–H and O–H groups in total. The van der Waals surface area contributed by atoms with Crippen LogP contribution in [0.3, 0.4) is 0 Å². The summed E-state index contributed by atoms with van der Waals surface area (Å²) in [7, 11) is 0. The predicted octanol–water partition coefficient (Wildman–Crippen LogP) is 3.42. The van der Waals surface area contributed by atoms with Gasteiger partial charge in [-0.05, 0) is 55.3 Å². The smallest absolute Gasteiger partial charge is 0.335 e. The zero-order chi connectivity index (χ0) is 20.4. The number of carbonyl (C=O) groups is 3. The van der Waals surface area contributed by atoms with Crippen LogP contribution in [0.1, 0.15) is 18.1 Å². The minimum Gasteiger partial charge on any atom is -0.504 e. The summed E-state index contributed by atoms with van der Waals surface area (Å²) in [6.45, 7) is 3.89. The van der Waals surface area contributed by atoms with Crippen molar-refractivity contribution in [3.8, 4) is 11.5 Å². The van der Waals surface area contributed by atoms with Gasteiger partial charge in [0.2, 0.25) is 0 Å². The minimum absolute atomic E-state index is 0.0606. The first-order valence-corrected chi connectivity index (χ1v) is 8.83. The Morgan fingerprint density at radius 3 is 2.61 bits per heavy atom. The average molecular weight is 401 g/mol. The highest BCUT2D eigenvalue weighted by molar-refractivity contribution is 6.39. The summed E-state index contributed by atoms with van der Waals surface area (Å²) < 4.78 is 5.31. The molecule has 7 nitrogen and oxygen atoms in total. The van der Waals surface area contributed by atoms with Crippen molar-refractivity contribution in [3.63, 3.8) is 0 Å². The maximum absolute atomic E-state index is 12.9. The number of barbiturate groups is 1. The molecule has 4 amide bonds. The van der Waals surface area contributed by atoms with Gasteiger partial charge in [0, 0.05) is 5.02 Å². The number of imide groups is 2. The van der Waals surface area contributed by atoms with Gasteiger partial charge in [-0.3, -0.25) is 14.9 Å². The number of rotatable bonds is 4. The molecular formula is C20H17ClN2O5. The molecule has 1 saturated heterocycles. The van der Waals surface area contributed by atoms with E-state index in [4.69, 9.17) is 16.3 Å². The van der Waals surface area contributed by atoms with Crippen LogP contribution >= 0.6 is 11.6 Å². The van der Waals surface area contributed by atoms with E-state index in [1.807, 2.05) is 0 Å². The van der Waals surface area contributed by atoms with Gasteiger partial charge in [0.1, 0.15) is 5.57 Å². The first kappa shape index (κ1) is 19.4. The van der Waals surface area contributed by atoms with Crippen LogP contribution in [0.4, 0.5) is 10.5 Å². The number of aryl methyl sites for hydroxylation is 1. The number of nitrogens with one attached hydrogen (secondary N) is 1. The van der Waals surface area contributed by atoms with Crippen molar-refractivity contribution in [2.75, 3.05) is 11.5 Å². The fourth-order valence-electron chi connectivity index (χ4n) is 2.67. The van der Waals surface area contributed by atoms with E-state index < -0.39 is 17.8 Å². The van der Waals surface area contributed by atoms with Gasteiger partial charge in [-0.1, -0.05) is 23.7 Å². The van der Waals surface area contributed by atoms with Gasteiger partial charge >= 0.3 is 6.03 Å². The number of phenolic OH excluding ortho intramolecular Hbond substituents is 1. The molecular weight excluding hydrogens is 384 g/mol. The van der Waals surface area contributed by atoms with Crippen LogP contribution in [0.25, 0.3) is 6.08 Å². The van der Waals surface area contributed by atoms with E-state index in [2.05, 4.69) is 5.32 Å². The molecule has 0 aromatic heterocycles. The Bertz CT molecular complexity index is 1020. The highest BCUT2D eigenvalue weighted by atomic mass is 35.5. The van der Waals surface area contributed by atoms with Gasteiger partial charge < -0.3 is 9.84 Å². The summed E-state index contributed by atoms with van der Waals surface area (Å²) in [5, 5.41) is 12.3. The number of benzene rings is 2. The lowest BCUT2D eigenvalue weighted by atomic mass is 10.1. The summed E-state index contributed by atoms with van der Waals surface area (Å²) >= 11 is 6.10. The fraction of sp³-hybridized carbons (Fsp3) is 0.150. The number of anilines is 1. The van der Waals surface area contributed by atoms with Crippen molar-refractivity contribution in [3.05, 3.63) is 58.1 Å². The number of ether oxygens (including phenoxy) is 1. The van der Waals surface area contributed by atoms with Crippen LogP contribution in [0.15, 0.2) is 42.0 Å². The molecule has 1 aliphatic heterocycles. The lowest BCUT2D eigenvalue weighted by Crippen LogP contribution is -2.54. The Balaban J connectivity index is 2.01. The topological polar surface area (TPSA) is 95.9 Å². The van der Waals surface area contributed by atoms with Crippen molar-refractivity contribution in [2.45, 2.75) is 13.8 Å². The van der Waals surface area contributed by atoms with E-state index in [0.717, 1.165) is 10.5 Å². The standard InChI is InChI=1S/C20H17ClN2O5/c1-3-28-17-9-12(5-7-16(17)24)8-14-18(25)22-20(27)23(19(14)26)13-6-4-11(2)15(21)10-13/h4-10,24H,3H2,1-2H3,(H,22,25,27). The summed E-state index contributed by atoms with van der Waals surface area (Å²) in [6.07, 6.45) is 1.33. The molecule has 0 spiro atoms. The minimum atomic E-state index is -0.854. The number of carbonyl (C=O) groups excluding carboxylic acids is 3. The van der Waals surface area contributed by atoms with E-state index in [-0.39, 0.29) is 22.8 Å². The SMILES string of the molecule is CCOc1cc(C=C2C(=O)NC(=O)N(c3ccc(C)c(Cl)c3)C2=O)ccc1O. The summed E-state index contributed by atoms with van der Waals surface area (Å²) in [5.74, 6) is -1.43. The molecule has 28 heavy (non-hydrogen) atoms. The molecule has 0 unspecified atom stereocenters. The second-order valence-electron chi connectivity index (χ2n) is 6.05. The van der Waals surface area contributed by atoms with Crippen molar-refractivity contribution in [1.29, 1.82) is 0 Å². The zero-order valence-corrected chi connectivity index (χ0v) is 15.9. The number of hydrogen-bond acceptors (Lipinski definition) is 5. The molecule has 0 aliphatic carbocycles. The fourth-order valence-corrected chi connectivity index (χ4v) is 2.85. The third-order valence-corrected chi connectivity index (χ3v) is 4.52. The van der Waals surface area contributed by atoms with E-state index in [9.17, 15) is 19.5 Å². The van der Waals surface area contributed by atoms with E-state index in [0.29, 0.717) is 17.2 Å². The Morgan fingerprint density at radius 1 is 1.18 bits per heavy atom. The molecule has 0 radical (unpaired) electrons. The molecule has 0 atom stereocenters. The first-order chi connectivity index (χ1) is 13.3. The van der Waals surface area contributed by atoms with Crippen molar-refractivity contribution >= 4 is 41.2 Å².